The van der Waals surface area contributed by atoms with Gasteiger partial charge in [-0.25, -0.2) is 0 Å². The summed E-state index contributed by atoms with van der Waals surface area (Å²) in [6, 6.07) is 10.3. The SMILES string of the molecule is CN=C(NCCCNc1ccccc1)NCCC(C)C. The van der Waals surface area contributed by atoms with Crippen LogP contribution in [0.3, 0.4) is 0 Å². The molecule has 0 aliphatic carbocycles. The molecule has 0 amide bonds. The van der Waals surface area contributed by atoms with Crippen molar-refractivity contribution in [2.75, 3.05) is 32.0 Å². The van der Waals surface area contributed by atoms with Gasteiger partial charge >= 0.3 is 0 Å². The standard InChI is InChI=1S/C16H28N4/c1-14(2)10-13-20-16(17-3)19-12-7-11-18-15-8-5-4-6-9-15/h4-6,8-9,14,18H,7,10-13H2,1-3H3,(H2,17,19,20). The molecule has 0 saturated carbocycles. The van der Waals surface area contributed by atoms with Crippen LogP contribution in [0.1, 0.15) is 26.7 Å². The average Bonchev–Trinajstić information content (AvgIpc) is 2.46. The number of aliphatic imine (C=N–C) groups is 1. The highest BCUT2D eigenvalue weighted by molar-refractivity contribution is 5.79. The number of para-hydroxylation sites is 1. The van der Waals surface area contributed by atoms with Crippen molar-refractivity contribution in [1.29, 1.82) is 0 Å². The summed E-state index contributed by atoms with van der Waals surface area (Å²) in [5.41, 5.74) is 1.17. The van der Waals surface area contributed by atoms with Crippen molar-refractivity contribution >= 4 is 11.6 Å². The maximum atomic E-state index is 4.21. The Labute approximate surface area is 123 Å². The van der Waals surface area contributed by atoms with Crippen molar-refractivity contribution in [2.45, 2.75) is 26.7 Å². The number of hydrogen-bond donors (Lipinski definition) is 3. The van der Waals surface area contributed by atoms with Crippen molar-refractivity contribution in [3.8, 4) is 0 Å². The molecule has 0 bridgehead atoms. The van der Waals surface area contributed by atoms with Gasteiger partial charge in [0.2, 0.25) is 0 Å². The Bertz CT molecular complexity index is 373. The van der Waals surface area contributed by atoms with E-state index in [-0.39, 0.29) is 0 Å². The molecule has 20 heavy (non-hydrogen) atoms. The van der Waals surface area contributed by atoms with Gasteiger partial charge in [-0.1, -0.05) is 32.0 Å². The van der Waals surface area contributed by atoms with Gasteiger partial charge in [-0.05, 0) is 30.9 Å². The largest absolute Gasteiger partial charge is 0.385 e. The Kier molecular flexibility index (Phi) is 8.27. The lowest BCUT2D eigenvalue weighted by Crippen LogP contribution is -2.38. The smallest absolute Gasteiger partial charge is 0.190 e. The molecule has 3 N–H and O–H groups in total. The molecule has 1 rings (SSSR count). The van der Waals surface area contributed by atoms with Crippen LogP contribution >= 0.6 is 0 Å². The van der Waals surface area contributed by atoms with Crippen LogP contribution < -0.4 is 16.0 Å². The van der Waals surface area contributed by atoms with Gasteiger partial charge in [0.1, 0.15) is 0 Å². The van der Waals surface area contributed by atoms with Gasteiger partial charge in [0.15, 0.2) is 5.96 Å². The van der Waals surface area contributed by atoms with Crippen LogP contribution in [0.2, 0.25) is 0 Å². The van der Waals surface area contributed by atoms with Crippen LogP contribution in [0, 0.1) is 5.92 Å². The first kappa shape index (κ1) is 16.3. The molecule has 0 saturated heterocycles. The normalized spacial score (nSPS) is 11.5. The van der Waals surface area contributed by atoms with Gasteiger partial charge in [0.25, 0.3) is 0 Å². The van der Waals surface area contributed by atoms with Gasteiger partial charge in [-0.15, -0.1) is 0 Å². The van der Waals surface area contributed by atoms with E-state index in [4.69, 9.17) is 0 Å². The minimum absolute atomic E-state index is 0.718. The van der Waals surface area contributed by atoms with E-state index in [0.29, 0.717) is 0 Å². The minimum atomic E-state index is 0.718. The quantitative estimate of drug-likeness (QED) is 0.389. The molecule has 1 aromatic carbocycles. The molecule has 0 fully saturated rings. The van der Waals surface area contributed by atoms with Crippen LogP contribution in [0.25, 0.3) is 0 Å². The van der Waals surface area contributed by atoms with Gasteiger partial charge < -0.3 is 16.0 Å². The van der Waals surface area contributed by atoms with Gasteiger partial charge in [-0.2, -0.15) is 0 Å². The summed E-state index contributed by atoms with van der Waals surface area (Å²) in [6.45, 7) is 7.31. The molecular weight excluding hydrogens is 248 g/mol. The first-order valence-corrected chi connectivity index (χ1v) is 7.46. The summed E-state index contributed by atoms with van der Waals surface area (Å²) in [5, 5.41) is 10.1. The monoisotopic (exact) mass is 276 g/mol. The fourth-order valence-corrected chi connectivity index (χ4v) is 1.78. The summed E-state index contributed by atoms with van der Waals surface area (Å²) >= 11 is 0. The topological polar surface area (TPSA) is 48.5 Å². The summed E-state index contributed by atoms with van der Waals surface area (Å²) in [4.78, 5) is 4.21. The zero-order valence-corrected chi connectivity index (χ0v) is 12.9. The summed E-state index contributed by atoms with van der Waals surface area (Å²) in [7, 11) is 1.81. The first-order chi connectivity index (χ1) is 9.72. The summed E-state index contributed by atoms with van der Waals surface area (Å²) in [5.74, 6) is 1.61. The number of guanidine groups is 1. The lowest BCUT2D eigenvalue weighted by atomic mass is 10.1. The lowest BCUT2D eigenvalue weighted by Gasteiger charge is -2.13. The third kappa shape index (κ3) is 7.67. The fourth-order valence-electron chi connectivity index (χ4n) is 1.78. The first-order valence-electron chi connectivity index (χ1n) is 7.46. The van der Waals surface area contributed by atoms with E-state index in [1.165, 1.54) is 5.69 Å². The zero-order valence-electron chi connectivity index (χ0n) is 12.9. The summed E-state index contributed by atoms with van der Waals surface area (Å²) in [6.07, 6.45) is 2.22. The molecule has 112 valence electrons. The van der Waals surface area contributed by atoms with Crippen molar-refractivity contribution < 1.29 is 0 Å². The molecule has 0 aliphatic rings. The second kappa shape index (κ2) is 10.1. The Morgan fingerprint density at radius 1 is 1.05 bits per heavy atom. The molecule has 0 aromatic heterocycles. The predicted octanol–water partition coefficient (Wildman–Crippen LogP) is 2.70. The Morgan fingerprint density at radius 3 is 2.40 bits per heavy atom. The Morgan fingerprint density at radius 2 is 1.75 bits per heavy atom. The van der Waals surface area contributed by atoms with Crippen LogP contribution in [0.4, 0.5) is 5.69 Å². The van der Waals surface area contributed by atoms with Gasteiger partial charge in [0.05, 0.1) is 0 Å². The Balaban J connectivity index is 2.07. The molecule has 4 heteroatoms. The third-order valence-electron chi connectivity index (χ3n) is 2.99. The van der Waals surface area contributed by atoms with Gasteiger partial charge in [-0.3, -0.25) is 4.99 Å². The van der Waals surface area contributed by atoms with E-state index in [2.05, 4.69) is 46.9 Å². The predicted molar refractivity (Wildman–Crippen MR) is 88.4 cm³/mol. The van der Waals surface area contributed by atoms with E-state index in [9.17, 15) is 0 Å². The maximum absolute atomic E-state index is 4.21. The van der Waals surface area contributed by atoms with Crippen molar-refractivity contribution in [3.63, 3.8) is 0 Å². The molecule has 0 spiro atoms. The van der Waals surface area contributed by atoms with E-state index in [0.717, 1.165) is 44.4 Å². The highest BCUT2D eigenvalue weighted by Gasteiger charge is 1.98. The number of anilines is 1. The van der Waals surface area contributed by atoms with Gasteiger partial charge in [0, 0.05) is 32.4 Å². The second-order valence-corrected chi connectivity index (χ2v) is 5.25. The average molecular weight is 276 g/mol. The van der Waals surface area contributed by atoms with Crippen molar-refractivity contribution in [1.82, 2.24) is 10.6 Å². The molecule has 0 heterocycles. The fraction of sp³-hybridized carbons (Fsp3) is 0.562. The van der Waals surface area contributed by atoms with E-state index >= 15 is 0 Å². The highest BCUT2D eigenvalue weighted by Crippen LogP contribution is 2.04. The molecule has 1 aromatic rings. The molecular formula is C16H28N4. The van der Waals surface area contributed by atoms with Crippen LogP contribution in [-0.2, 0) is 0 Å². The van der Waals surface area contributed by atoms with E-state index in [1.54, 1.807) is 0 Å². The van der Waals surface area contributed by atoms with Crippen LogP contribution in [-0.4, -0.2) is 32.6 Å². The molecule has 0 aliphatic heterocycles. The van der Waals surface area contributed by atoms with Crippen LogP contribution in [0.5, 0.6) is 0 Å². The number of benzene rings is 1. The summed E-state index contributed by atoms with van der Waals surface area (Å²) < 4.78 is 0. The number of nitrogens with zero attached hydrogens (tertiary/aromatic N) is 1. The third-order valence-corrected chi connectivity index (χ3v) is 2.99. The highest BCUT2D eigenvalue weighted by atomic mass is 15.2. The minimum Gasteiger partial charge on any atom is -0.385 e. The number of nitrogens with one attached hydrogen (secondary N) is 3. The molecule has 0 radical (unpaired) electrons. The molecule has 0 unspecified atom stereocenters. The van der Waals surface area contributed by atoms with E-state index < -0.39 is 0 Å². The lowest BCUT2D eigenvalue weighted by molar-refractivity contribution is 0.573. The van der Waals surface area contributed by atoms with Crippen LogP contribution in [0.15, 0.2) is 35.3 Å². The van der Waals surface area contributed by atoms with E-state index in [1.807, 2.05) is 25.2 Å². The second-order valence-electron chi connectivity index (χ2n) is 5.25. The number of rotatable bonds is 8. The molecule has 4 nitrogen and oxygen atoms in total. The number of hydrogen-bond acceptors (Lipinski definition) is 2. The van der Waals surface area contributed by atoms with Crippen molar-refractivity contribution in [3.05, 3.63) is 30.3 Å². The zero-order chi connectivity index (χ0) is 14.6. The molecule has 0 atom stereocenters. The Hall–Kier alpha value is -1.71. The maximum Gasteiger partial charge on any atom is 0.190 e. The van der Waals surface area contributed by atoms with Crippen molar-refractivity contribution in [2.24, 2.45) is 10.9 Å².